The van der Waals surface area contributed by atoms with Crippen molar-refractivity contribution in [2.24, 2.45) is 11.8 Å². The summed E-state index contributed by atoms with van der Waals surface area (Å²) in [6.07, 6.45) is 0. The highest BCUT2D eigenvalue weighted by Gasteiger charge is 2.28. The molecule has 1 heterocycles. The first kappa shape index (κ1) is 12.9. The zero-order chi connectivity index (χ0) is 11.3. The average molecular weight is 214 g/mol. The van der Waals surface area contributed by atoms with E-state index >= 15 is 0 Å². The van der Waals surface area contributed by atoms with Crippen LogP contribution in [0.2, 0.25) is 0 Å². The van der Waals surface area contributed by atoms with E-state index in [4.69, 9.17) is 4.74 Å². The lowest BCUT2D eigenvalue weighted by Gasteiger charge is -2.27. The molecule has 0 spiro atoms. The molecule has 0 aromatic carbocycles. The van der Waals surface area contributed by atoms with Crippen molar-refractivity contribution in [3.8, 4) is 0 Å². The molecule has 0 amide bonds. The predicted molar refractivity (Wildman–Crippen MR) is 64.1 cm³/mol. The third kappa shape index (κ3) is 4.09. The maximum absolute atomic E-state index is 5.52. The molecule has 3 nitrogen and oxygen atoms in total. The summed E-state index contributed by atoms with van der Waals surface area (Å²) in [5.74, 6) is 1.41. The molecule has 0 radical (unpaired) electrons. The number of hydrogen-bond acceptors (Lipinski definition) is 3. The molecule has 1 aliphatic heterocycles. The van der Waals surface area contributed by atoms with Crippen LogP contribution in [0.3, 0.4) is 0 Å². The second-order valence-electron chi connectivity index (χ2n) is 4.94. The minimum absolute atomic E-state index is 0.547. The summed E-state index contributed by atoms with van der Waals surface area (Å²) in [5, 5.41) is 3.35. The number of rotatable bonds is 6. The molecule has 1 N–H and O–H groups in total. The van der Waals surface area contributed by atoms with Crippen molar-refractivity contribution >= 4 is 0 Å². The molecule has 1 fully saturated rings. The molecule has 2 unspecified atom stereocenters. The molecule has 3 heteroatoms. The Balaban J connectivity index is 2.36. The van der Waals surface area contributed by atoms with E-state index in [1.165, 1.54) is 13.1 Å². The molecule has 0 aromatic rings. The summed E-state index contributed by atoms with van der Waals surface area (Å²) in [6.45, 7) is 12.1. The van der Waals surface area contributed by atoms with Crippen molar-refractivity contribution < 1.29 is 4.74 Å². The second kappa shape index (κ2) is 6.46. The van der Waals surface area contributed by atoms with Crippen LogP contribution in [0.4, 0.5) is 0 Å². The van der Waals surface area contributed by atoms with Crippen LogP contribution in [0.1, 0.15) is 20.8 Å². The molecule has 0 saturated carbocycles. The van der Waals surface area contributed by atoms with Gasteiger partial charge in [-0.05, 0) is 19.5 Å². The van der Waals surface area contributed by atoms with E-state index in [1.54, 1.807) is 0 Å². The first-order valence-corrected chi connectivity index (χ1v) is 6.14. The number of hydrogen-bond donors (Lipinski definition) is 1. The van der Waals surface area contributed by atoms with Crippen LogP contribution in [0, 0.1) is 11.8 Å². The fourth-order valence-electron chi connectivity index (χ4n) is 2.28. The zero-order valence-corrected chi connectivity index (χ0v) is 10.6. The van der Waals surface area contributed by atoms with Crippen molar-refractivity contribution in [1.82, 2.24) is 10.2 Å². The van der Waals surface area contributed by atoms with Gasteiger partial charge in [-0.1, -0.05) is 20.8 Å². The van der Waals surface area contributed by atoms with Gasteiger partial charge in [0.2, 0.25) is 0 Å². The molecule has 0 bridgehead atoms. The van der Waals surface area contributed by atoms with Gasteiger partial charge >= 0.3 is 0 Å². The lowest BCUT2D eigenvalue weighted by molar-refractivity contribution is 0.164. The summed E-state index contributed by atoms with van der Waals surface area (Å²) in [7, 11) is 2.03. The maximum Gasteiger partial charge on any atom is 0.0623 e. The molecule has 1 rings (SSSR count). The molecule has 0 aliphatic carbocycles. The van der Waals surface area contributed by atoms with Gasteiger partial charge in [-0.2, -0.15) is 0 Å². The Morgan fingerprint density at radius 1 is 1.40 bits per heavy atom. The van der Waals surface area contributed by atoms with Crippen LogP contribution in [-0.4, -0.2) is 50.8 Å². The Labute approximate surface area is 94.2 Å². The van der Waals surface area contributed by atoms with Crippen molar-refractivity contribution in [1.29, 1.82) is 0 Å². The summed E-state index contributed by atoms with van der Waals surface area (Å²) in [5.41, 5.74) is 0. The van der Waals surface area contributed by atoms with Crippen LogP contribution in [0.25, 0.3) is 0 Å². The fourth-order valence-corrected chi connectivity index (χ4v) is 2.28. The van der Waals surface area contributed by atoms with Gasteiger partial charge in [0.05, 0.1) is 13.2 Å². The molecule has 1 aliphatic rings. The predicted octanol–water partition coefficient (Wildman–Crippen LogP) is 1.20. The maximum atomic E-state index is 5.52. The lowest BCUT2D eigenvalue weighted by Crippen LogP contribution is -2.41. The van der Waals surface area contributed by atoms with E-state index in [2.05, 4.69) is 31.0 Å². The standard InChI is InChI=1S/C12H26N2O/c1-5-14(6-10(2)3)7-11-8-15-9-12(11)13-4/h10-13H,5-9H2,1-4H3. The summed E-state index contributed by atoms with van der Waals surface area (Å²) in [4.78, 5) is 2.54. The van der Waals surface area contributed by atoms with Crippen molar-refractivity contribution in [2.75, 3.05) is 39.9 Å². The van der Waals surface area contributed by atoms with E-state index < -0.39 is 0 Å². The van der Waals surface area contributed by atoms with E-state index in [0.717, 1.165) is 25.7 Å². The highest BCUT2D eigenvalue weighted by molar-refractivity contribution is 4.82. The summed E-state index contributed by atoms with van der Waals surface area (Å²) >= 11 is 0. The van der Waals surface area contributed by atoms with Gasteiger partial charge in [-0.3, -0.25) is 0 Å². The Morgan fingerprint density at radius 2 is 2.13 bits per heavy atom. The van der Waals surface area contributed by atoms with Crippen LogP contribution in [0.15, 0.2) is 0 Å². The molecular formula is C12H26N2O. The van der Waals surface area contributed by atoms with Crippen molar-refractivity contribution in [3.63, 3.8) is 0 Å². The SMILES string of the molecule is CCN(CC(C)C)CC1COCC1NC. The zero-order valence-electron chi connectivity index (χ0n) is 10.6. The highest BCUT2D eigenvalue weighted by Crippen LogP contribution is 2.15. The molecule has 2 atom stereocenters. The summed E-state index contributed by atoms with van der Waals surface area (Å²) < 4.78 is 5.52. The topological polar surface area (TPSA) is 24.5 Å². The minimum atomic E-state index is 0.547. The third-order valence-electron chi connectivity index (χ3n) is 3.13. The third-order valence-corrected chi connectivity index (χ3v) is 3.13. The smallest absolute Gasteiger partial charge is 0.0623 e. The van der Waals surface area contributed by atoms with E-state index in [9.17, 15) is 0 Å². The Kier molecular flexibility index (Phi) is 5.58. The molecular weight excluding hydrogens is 188 g/mol. The molecule has 0 aromatic heterocycles. The van der Waals surface area contributed by atoms with Gasteiger partial charge in [0.1, 0.15) is 0 Å². The van der Waals surface area contributed by atoms with Gasteiger partial charge in [-0.15, -0.1) is 0 Å². The quantitative estimate of drug-likeness (QED) is 0.719. The number of nitrogens with zero attached hydrogens (tertiary/aromatic N) is 1. The van der Waals surface area contributed by atoms with E-state index in [0.29, 0.717) is 12.0 Å². The largest absolute Gasteiger partial charge is 0.379 e. The number of ether oxygens (including phenoxy) is 1. The van der Waals surface area contributed by atoms with Crippen LogP contribution >= 0.6 is 0 Å². The number of likely N-dealkylation sites (N-methyl/N-ethyl adjacent to an activating group) is 1. The highest BCUT2D eigenvalue weighted by atomic mass is 16.5. The van der Waals surface area contributed by atoms with Gasteiger partial charge in [0, 0.05) is 25.0 Å². The van der Waals surface area contributed by atoms with Gasteiger partial charge in [0.25, 0.3) is 0 Å². The monoisotopic (exact) mass is 214 g/mol. The molecule has 1 saturated heterocycles. The first-order chi connectivity index (χ1) is 7.17. The van der Waals surface area contributed by atoms with Crippen LogP contribution < -0.4 is 5.32 Å². The Bertz CT molecular complexity index is 173. The molecule has 15 heavy (non-hydrogen) atoms. The fraction of sp³-hybridized carbons (Fsp3) is 1.00. The van der Waals surface area contributed by atoms with Gasteiger partial charge in [-0.25, -0.2) is 0 Å². The minimum Gasteiger partial charge on any atom is -0.379 e. The first-order valence-electron chi connectivity index (χ1n) is 6.14. The lowest BCUT2D eigenvalue weighted by atomic mass is 10.0. The summed E-state index contributed by atoms with van der Waals surface area (Å²) in [6, 6.07) is 0.547. The second-order valence-corrected chi connectivity index (χ2v) is 4.94. The van der Waals surface area contributed by atoms with Crippen LogP contribution in [-0.2, 0) is 4.74 Å². The Morgan fingerprint density at radius 3 is 2.67 bits per heavy atom. The normalized spacial score (nSPS) is 26.8. The number of nitrogens with one attached hydrogen (secondary N) is 1. The van der Waals surface area contributed by atoms with Gasteiger partial charge in [0.15, 0.2) is 0 Å². The van der Waals surface area contributed by atoms with Crippen molar-refractivity contribution in [2.45, 2.75) is 26.8 Å². The van der Waals surface area contributed by atoms with E-state index in [-0.39, 0.29) is 0 Å². The van der Waals surface area contributed by atoms with Crippen LogP contribution in [0.5, 0.6) is 0 Å². The average Bonchev–Trinajstić information content (AvgIpc) is 2.63. The van der Waals surface area contributed by atoms with Gasteiger partial charge < -0.3 is 15.0 Å². The van der Waals surface area contributed by atoms with Crippen molar-refractivity contribution in [3.05, 3.63) is 0 Å². The Hall–Kier alpha value is -0.120. The van der Waals surface area contributed by atoms with E-state index in [1.807, 2.05) is 7.05 Å². The molecule has 90 valence electrons.